The third-order valence-electron chi connectivity index (χ3n) is 3.72. The van der Waals surface area contributed by atoms with Crippen molar-refractivity contribution in [2.45, 2.75) is 25.3 Å². The van der Waals surface area contributed by atoms with Gasteiger partial charge in [-0.05, 0) is 25.1 Å². The molecule has 0 aliphatic carbocycles. The van der Waals surface area contributed by atoms with Gasteiger partial charge in [0.25, 0.3) is 11.8 Å². The minimum atomic E-state index is -3.04. The Kier molecular flexibility index (Phi) is 4.59. The van der Waals surface area contributed by atoms with Crippen LogP contribution in [0.25, 0.3) is 0 Å². The number of carbonyl (C=O) groups excluding carboxylic acids is 2. The number of rotatable bonds is 3. The summed E-state index contributed by atoms with van der Waals surface area (Å²) in [5, 5.41) is 2.20. The van der Waals surface area contributed by atoms with Gasteiger partial charge in [-0.25, -0.2) is 8.78 Å². The average molecular weight is 308 g/mol. The van der Waals surface area contributed by atoms with Crippen LogP contribution >= 0.6 is 0 Å². The first-order valence-electron chi connectivity index (χ1n) is 7.00. The van der Waals surface area contributed by atoms with Crippen molar-refractivity contribution in [3.8, 4) is 0 Å². The fourth-order valence-corrected chi connectivity index (χ4v) is 2.35. The Morgan fingerprint density at radius 1 is 1.36 bits per heavy atom. The van der Waals surface area contributed by atoms with Gasteiger partial charge in [0.05, 0.1) is 0 Å². The van der Waals surface area contributed by atoms with Gasteiger partial charge >= 0.3 is 0 Å². The maximum absolute atomic E-state index is 13.9. The van der Waals surface area contributed by atoms with Gasteiger partial charge in [0.1, 0.15) is 6.04 Å². The molecule has 0 aromatic heterocycles. The van der Waals surface area contributed by atoms with Crippen molar-refractivity contribution in [3.05, 3.63) is 48.0 Å². The van der Waals surface area contributed by atoms with Crippen LogP contribution in [-0.2, 0) is 4.79 Å². The van der Waals surface area contributed by atoms with Gasteiger partial charge in [0, 0.05) is 25.1 Å². The fraction of sp³-hybridized carbons (Fsp3) is 0.375. The number of hydrogen-bond acceptors (Lipinski definition) is 2. The Morgan fingerprint density at radius 3 is 2.59 bits per heavy atom. The van der Waals surface area contributed by atoms with Crippen LogP contribution in [0.2, 0.25) is 0 Å². The Labute approximate surface area is 127 Å². The van der Waals surface area contributed by atoms with Crippen LogP contribution in [0.15, 0.2) is 36.9 Å². The predicted molar refractivity (Wildman–Crippen MR) is 78.8 cm³/mol. The number of halogens is 2. The minimum absolute atomic E-state index is 0.0415. The van der Waals surface area contributed by atoms with Crippen molar-refractivity contribution in [2.24, 2.45) is 0 Å². The second kappa shape index (κ2) is 6.25. The number of piperidine rings is 1. The lowest BCUT2D eigenvalue weighted by molar-refractivity contribution is -0.124. The third kappa shape index (κ3) is 3.50. The van der Waals surface area contributed by atoms with E-state index in [-0.39, 0.29) is 19.0 Å². The third-order valence-corrected chi connectivity index (χ3v) is 3.72. The van der Waals surface area contributed by atoms with E-state index in [2.05, 4.69) is 11.9 Å². The summed E-state index contributed by atoms with van der Waals surface area (Å²) in [6.07, 6.45) is 0.462. The van der Waals surface area contributed by atoms with E-state index >= 15 is 0 Å². The Hall–Kier alpha value is -2.24. The van der Waals surface area contributed by atoms with Gasteiger partial charge in [0.15, 0.2) is 0 Å². The summed E-state index contributed by atoms with van der Waals surface area (Å²) in [6.45, 7) is 4.88. The molecule has 1 aliphatic rings. The highest BCUT2D eigenvalue weighted by Gasteiger charge is 2.45. The first kappa shape index (κ1) is 16.1. The lowest BCUT2D eigenvalue weighted by atomic mass is 9.99. The number of alkyl halides is 2. The normalized spacial score (nSPS) is 20.3. The predicted octanol–water partition coefficient (Wildman–Crippen LogP) is 2.15. The van der Waals surface area contributed by atoms with E-state index in [0.29, 0.717) is 5.56 Å². The number of benzene rings is 1. The molecule has 1 unspecified atom stereocenters. The highest BCUT2D eigenvalue weighted by atomic mass is 19.3. The Bertz CT molecular complexity index is 584. The number of aryl methyl sites for hydroxylation is 1. The molecule has 2 amide bonds. The Balaban J connectivity index is 2.12. The van der Waals surface area contributed by atoms with Crippen molar-refractivity contribution in [3.63, 3.8) is 0 Å². The molecular formula is C16H18F2N2O2. The fourth-order valence-electron chi connectivity index (χ4n) is 2.35. The lowest BCUT2D eigenvalue weighted by Gasteiger charge is -2.38. The molecule has 0 spiro atoms. The molecule has 1 fully saturated rings. The van der Waals surface area contributed by atoms with Crippen LogP contribution in [0, 0.1) is 6.92 Å². The number of hydrogen-bond donors (Lipinski definition) is 1. The van der Waals surface area contributed by atoms with E-state index in [1.807, 2.05) is 6.92 Å². The van der Waals surface area contributed by atoms with Crippen molar-refractivity contribution >= 4 is 11.8 Å². The molecule has 0 radical (unpaired) electrons. The van der Waals surface area contributed by atoms with Crippen molar-refractivity contribution < 1.29 is 18.4 Å². The molecule has 118 valence electrons. The molecule has 2 rings (SSSR count). The zero-order chi connectivity index (χ0) is 16.3. The van der Waals surface area contributed by atoms with Gasteiger partial charge in [-0.1, -0.05) is 24.3 Å². The maximum Gasteiger partial charge on any atom is 0.271 e. The second-order valence-corrected chi connectivity index (χ2v) is 5.39. The summed E-state index contributed by atoms with van der Waals surface area (Å²) in [4.78, 5) is 25.0. The van der Waals surface area contributed by atoms with Crippen LogP contribution < -0.4 is 5.32 Å². The summed E-state index contributed by atoms with van der Waals surface area (Å²) in [5.74, 6) is -4.02. The molecule has 1 aliphatic heterocycles. The van der Waals surface area contributed by atoms with Crippen molar-refractivity contribution in [1.82, 2.24) is 10.2 Å². The maximum atomic E-state index is 13.9. The Morgan fingerprint density at radius 2 is 2.00 bits per heavy atom. The first-order chi connectivity index (χ1) is 10.3. The molecule has 1 saturated heterocycles. The van der Waals surface area contributed by atoms with Crippen molar-refractivity contribution in [1.29, 1.82) is 0 Å². The first-order valence-corrected chi connectivity index (χ1v) is 7.00. The average Bonchev–Trinajstić information content (AvgIpc) is 2.49. The van der Waals surface area contributed by atoms with E-state index < -0.39 is 24.3 Å². The summed E-state index contributed by atoms with van der Waals surface area (Å²) >= 11 is 0. The van der Waals surface area contributed by atoms with Gasteiger partial charge in [-0.15, -0.1) is 0 Å². The second-order valence-electron chi connectivity index (χ2n) is 5.39. The number of nitrogens with zero attached hydrogens (tertiary/aromatic N) is 1. The molecule has 22 heavy (non-hydrogen) atoms. The molecule has 1 atom stereocenters. The monoisotopic (exact) mass is 308 g/mol. The molecule has 0 bridgehead atoms. The van der Waals surface area contributed by atoms with Gasteiger partial charge in [-0.3, -0.25) is 9.59 Å². The molecule has 1 aromatic rings. The highest BCUT2D eigenvalue weighted by Crippen LogP contribution is 2.29. The molecule has 6 heteroatoms. The smallest absolute Gasteiger partial charge is 0.271 e. The zero-order valence-corrected chi connectivity index (χ0v) is 12.3. The molecular weight excluding hydrogens is 290 g/mol. The zero-order valence-electron chi connectivity index (χ0n) is 12.3. The number of carbonyl (C=O) groups is 2. The van der Waals surface area contributed by atoms with E-state index in [0.717, 1.165) is 11.6 Å². The van der Waals surface area contributed by atoms with Crippen LogP contribution in [0.4, 0.5) is 8.78 Å². The molecule has 4 nitrogen and oxygen atoms in total. The summed E-state index contributed by atoms with van der Waals surface area (Å²) < 4.78 is 27.7. The van der Waals surface area contributed by atoms with Crippen LogP contribution in [0.3, 0.4) is 0 Å². The van der Waals surface area contributed by atoms with Crippen molar-refractivity contribution in [2.75, 3.05) is 13.1 Å². The van der Waals surface area contributed by atoms with E-state index in [1.54, 1.807) is 24.3 Å². The molecule has 1 N–H and O–H groups in total. The van der Waals surface area contributed by atoms with E-state index in [9.17, 15) is 18.4 Å². The topological polar surface area (TPSA) is 49.4 Å². The van der Waals surface area contributed by atoms with E-state index in [4.69, 9.17) is 0 Å². The SMILES string of the molecule is C=CC(=O)NC1CN(C(=O)c2ccc(C)cc2)CCC1(F)F. The van der Waals surface area contributed by atoms with Crippen LogP contribution in [0.5, 0.6) is 0 Å². The standard InChI is InChI=1S/C16H18F2N2O2/c1-3-14(21)19-13-10-20(9-8-16(13,17)18)15(22)12-6-4-11(2)5-7-12/h3-7,13H,1,8-10H2,2H3,(H,19,21). The number of amides is 2. The molecule has 1 heterocycles. The molecule has 0 saturated carbocycles. The van der Waals surface area contributed by atoms with Crippen LogP contribution in [0.1, 0.15) is 22.3 Å². The quantitative estimate of drug-likeness (QED) is 0.870. The summed E-state index contributed by atoms with van der Waals surface area (Å²) in [6, 6.07) is 5.52. The van der Waals surface area contributed by atoms with Gasteiger partial charge in [-0.2, -0.15) is 0 Å². The van der Waals surface area contributed by atoms with Crippen LogP contribution in [-0.4, -0.2) is 41.8 Å². The van der Waals surface area contributed by atoms with Gasteiger partial charge in [0.2, 0.25) is 5.91 Å². The summed E-state index contributed by atoms with van der Waals surface area (Å²) in [5.41, 5.74) is 1.46. The molecule has 1 aromatic carbocycles. The van der Waals surface area contributed by atoms with Gasteiger partial charge < -0.3 is 10.2 Å². The highest BCUT2D eigenvalue weighted by molar-refractivity contribution is 5.94. The van der Waals surface area contributed by atoms with E-state index in [1.165, 1.54) is 4.90 Å². The lowest BCUT2D eigenvalue weighted by Crippen LogP contribution is -2.59. The summed E-state index contributed by atoms with van der Waals surface area (Å²) in [7, 11) is 0. The number of nitrogens with one attached hydrogen (secondary N) is 1. The minimum Gasteiger partial charge on any atom is -0.342 e. The largest absolute Gasteiger partial charge is 0.342 e. The number of likely N-dealkylation sites (tertiary alicyclic amines) is 1.